The molecule has 39 heavy (non-hydrogen) atoms. The fourth-order valence-corrected chi connectivity index (χ4v) is 5.38. The minimum atomic E-state index is -0.917. The van der Waals surface area contributed by atoms with Crippen molar-refractivity contribution in [2.45, 2.75) is 33.4 Å². The Morgan fingerprint density at radius 3 is 2.36 bits per heavy atom. The number of carboxylic acids is 1. The number of aromatic carboxylic acids is 1. The normalized spacial score (nSPS) is 11.9. The third kappa shape index (κ3) is 5.41. The molecule has 196 valence electrons. The summed E-state index contributed by atoms with van der Waals surface area (Å²) in [5.74, 6) is -0.917. The molecule has 0 aliphatic rings. The van der Waals surface area contributed by atoms with E-state index in [4.69, 9.17) is 0 Å². The van der Waals surface area contributed by atoms with Crippen molar-refractivity contribution in [1.29, 1.82) is 0 Å². The van der Waals surface area contributed by atoms with Gasteiger partial charge in [0.15, 0.2) is 0 Å². The highest BCUT2D eigenvalue weighted by atomic mass is 79.9. The summed E-state index contributed by atoms with van der Waals surface area (Å²) in [6, 6.07) is 30.3. The lowest BCUT2D eigenvalue weighted by Gasteiger charge is -2.18. The predicted molar refractivity (Wildman–Crippen MR) is 164 cm³/mol. The maximum Gasteiger partial charge on any atom is 0.336 e. The number of carboxylic acid groups (broad SMARTS) is 1. The highest BCUT2D eigenvalue weighted by Crippen LogP contribution is 2.30. The lowest BCUT2D eigenvalue weighted by atomic mass is 9.99. The van der Waals surface area contributed by atoms with Gasteiger partial charge in [0, 0.05) is 39.4 Å². The number of halogens is 1. The average Bonchev–Trinajstić information content (AvgIpc) is 3.18. The summed E-state index contributed by atoms with van der Waals surface area (Å²) in [6.45, 7) is 11.5. The van der Waals surface area contributed by atoms with Crippen LogP contribution in [-0.2, 0) is 6.54 Å². The predicted octanol–water partition coefficient (Wildman–Crippen LogP) is 8.76. The molecule has 0 aliphatic heterocycles. The quantitative estimate of drug-likeness (QED) is 0.193. The smallest absolute Gasteiger partial charge is 0.336 e. The molecule has 5 aromatic rings. The molecule has 1 heterocycles. The number of benzene rings is 4. The van der Waals surface area contributed by atoms with E-state index in [1.165, 1.54) is 27.7 Å². The summed E-state index contributed by atoms with van der Waals surface area (Å²) in [7, 11) is 0. The SMILES string of the molecule is C=C(N[C@H](C)c1ccc(Br)cc1)c1ccc2c(c1)c(C)c(C)n2Cc1ccc(-c2ccccc2C(=O)O)cc1. The zero-order chi connectivity index (χ0) is 27.7. The second kappa shape index (κ2) is 11.0. The number of aromatic nitrogens is 1. The molecule has 0 radical (unpaired) electrons. The molecule has 0 bridgehead atoms. The lowest BCUT2D eigenvalue weighted by molar-refractivity contribution is 0.0697. The number of aryl methyl sites for hydroxylation is 1. The highest BCUT2D eigenvalue weighted by molar-refractivity contribution is 9.10. The minimum absolute atomic E-state index is 0.138. The molecule has 4 aromatic carbocycles. The average molecular weight is 580 g/mol. The van der Waals surface area contributed by atoms with Gasteiger partial charge in [-0.3, -0.25) is 0 Å². The first-order chi connectivity index (χ1) is 18.7. The van der Waals surface area contributed by atoms with Crippen LogP contribution in [0.2, 0.25) is 0 Å². The van der Waals surface area contributed by atoms with Gasteiger partial charge in [-0.15, -0.1) is 0 Å². The van der Waals surface area contributed by atoms with Crippen molar-refractivity contribution in [1.82, 2.24) is 9.88 Å². The van der Waals surface area contributed by atoms with Crippen LogP contribution in [0.3, 0.4) is 0 Å². The van der Waals surface area contributed by atoms with Gasteiger partial charge in [0.25, 0.3) is 0 Å². The molecule has 0 amide bonds. The van der Waals surface area contributed by atoms with E-state index in [0.717, 1.165) is 39.0 Å². The van der Waals surface area contributed by atoms with E-state index >= 15 is 0 Å². The molecule has 2 N–H and O–H groups in total. The van der Waals surface area contributed by atoms with Gasteiger partial charge in [-0.05, 0) is 84.5 Å². The molecule has 0 fully saturated rings. The van der Waals surface area contributed by atoms with Gasteiger partial charge in [-0.2, -0.15) is 0 Å². The van der Waals surface area contributed by atoms with Gasteiger partial charge in [-0.25, -0.2) is 4.79 Å². The van der Waals surface area contributed by atoms with E-state index in [1.807, 2.05) is 24.3 Å². The molecule has 0 spiro atoms. The van der Waals surface area contributed by atoms with Crippen molar-refractivity contribution < 1.29 is 9.90 Å². The molecule has 0 saturated carbocycles. The molecular formula is C34H31BrN2O2. The van der Waals surface area contributed by atoms with Crippen LogP contribution in [-0.4, -0.2) is 15.6 Å². The first-order valence-electron chi connectivity index (χ1n) is 13.0. The monoisotopic (exact) mass is 578 g/mol. The molecule has 0 aliphatic carbocycles. The number of nitrogens with zero attached hydrogens (tertiary/aromatic N) is 1. The molecule has 4 nitrogen and oxygen atoms in total. The summed E-state index contributed by atoms with van der Waals surface area (Å²) < 4.78 is 3.41. The largest absolute Gasteiger partial charge is 0.478 e. The molecule has 0 saturated heterocycles. The van der Waals surface area contributed by atoms with Crippen molar-refractivity contribution in [3.05, 3.63) is 136 Å². The third-order valence-corrected chi connectivity index (χ3v) is 8.04. The van der Waals surface area contributed by atoms with Crippen LogP contribution in [0.15, 0.2) is 102 Å². The zero-order valence-electron chi connectivity index (χ0n) is 22.3. The molecule has 5 rings (SSSR count). The van der Waals surface area contributed by atoms with Gasteiger partial charge >= 0.3 is 5.97 Å². The number of fused-ring (bicyclic) bond motifs is 1. The van der Waals surface area contributed by atoms with Crippen molar-refractivity contribution >= 4 is 38.5 Å². The lowest BCUT2D eigenvalue weighted by Crippen LogP contribution is -2.16. The van der Waals surface area contributed by atoms with Crippen molar-refractivity contribution in [3.8, 4) is 11.1 Å². The number of carbonyl (C=O) groups is 1. The Kier molecular flexibility index (Phi) is 7.45. The Morgan fingerprint density at radius 1 is 0.974 bits per heavy atom. The summed E-state index contributed by atoms with van der Waals surface area (Å²) >= 11 is 3.50. The molecule has 5 heteroatoms. The summed E-state index contributed by atoms with van der Waals surface area (Å²) in [5.41, 5.74) is 9.94. The van der Waals surface area contributed by atoms with E-state index in [1.54, 1.807) is 12.1 Å². The Bertz CT molecular complexity index is 1680. The molecule has 1 atom stereocenters. The summed E-state index contributed by atoms with van der Waals surface area (Å²) in [4.78, 5) is 11.6. The van der Waals surface area contributed by atoms with E-state index in [0.29, 0.717) is 5.56 Å². The van der Waals surface area contributed by atoms with Crippen LogP contribution < -0.4 is 5.32 Å². The molecule has 0 unspecified atom stereocenters. The van der Waals surface area contributed by atoms with Gasteiger partial charge in [0.05, 0.1) is 5.56 Å². The summed E-state index contributed by atoms with van der Waals surface area (Å²) in [6.07, 6.45) is 0. The van der Waals surface area contributed by atoms with E-state index in [-0.39, 0.29) is 6.04 Å². The minimum Gasteiger partial charge on any atom is -0.478 e. The van der Waals surface area contributed by atoms with Crippen molar-refractivity contribution in [2.75, 3.05) is 0 Å². The maximum absolute atomic E-state index is 11.6. The van der Waals surface area contributed by atoms with Gasteiger partial charge in [-0.1, -0.05) is 83.2 Å². The molecule has 1 aromatic heterocycles. The van der Waals surface area contributed by atoms with Crippen LogP contribution in [0.4, 0.5) is 0 Å². The Labute approximate surface area is 237 Å². The van der Waals surface area contributed by atoms with Gasteiger partial charge in [0.1, 0.15) is 0 Å². The fraction of sp³-hybridized carbons (Fsp3) is 0.147. The highest BCUT2D eigenvalue weighted by Gasteiger charge is 2.15. The van der Waals surface area contributed by atoms with E-state index in [9.17, 15) is 9.90 Å². The zero-order valence-corrected chi connectivity index (χ0v) is 23.9. The first-order valence-corrected chi connectivity index (χ1v) is 13.7. The van der Waals surface area contributed by atoms with Gasteiger partial charge < -0.3 is 15.0 Å². The van der Waals surface area contributed by atoms with Crippen molar-refractivity contribution in [3.63, 3.8) is 0 Å². The maximum atomic E-state index is 11.6. The topological polar surface area (TPSA) is 54.3 Å². The van der Waals surface area contributed by atoms with Crippen LogP contribution in [0, 0.1) is 13.8 Å². The van der Waals surface area contributed by atoms with E-state index in [2.05, 4.69) is 108 Å². The Balaban J connectivity index is 1.38. The van der Waals surface area contributed by atoms with Crippen LogP contribution in [0.1, 0.15) is 51.3 Å². The molecular weight excluding hydrogens is 548 g/mol. The first kappa shape index (κ1) is 26.5. The fourth-order valence-electron chi connectivity index (χ4n) is 5.11. The van der Waals surface area contributed by atoms with E-state index < -0.39 is 5.97 Å². The van der Waals surface area contributed by atoms with Crippen LogP contribution in [0.5, 0.6) is 0 Å². The van der Waals surface area contributed by atoms with Crippen molar-refractivity contribution in [2.24, 2.45) is 0 Å². The second-order valence-corrected chi connectivity index (χ2v) is 10.9. The Morgan fingerprint density at radius 2 is 1.67 bits per heavy atom. The summed E-state index contributed by atoms with van der Waals surface area (Å²) in [5, 5.41) is 14.3. The van der Waals surface area contributed by atoms with Crippen LogP contribution in [0.25, 0.3) is 27.7 Å². The third-order valence-electron chi connectivity index (χ3n) is 7.51. The standard InChI is InChI=1S/C34H31BrN2O2/c1-21-24(4)37(20-25-9-11-27(12-10-25)30-7-5-6-8-31(30)34(38)39)33-18-15-28(19-32(21)33)23(3)36-22(2)26-13-16-29(35)17-14-26/h5-19,22,36H,3,20H2,1-2,4H3,(H,38,39)/t22-/m1/s1. The number of rotatable bonds is 8. The number of hydrogen-bond donors (Lipinski definition) is 2. The van der Waals surface area contributed by atoms with Gasteiger partial charge in [0.2, 0.25) is 0 Å². The van der Waals surface area contributed by atoms with Crippen LogP contribution >= 0.6 is 15.9 Å². The second-order valence-electron chi connectivity index (χ2n) is 9.97. The Hall–Kier alpha value is -4.09. The number of hydrogen-bond acceptors (Lipinski definition) is 2. The number of nitrogens with one attached hydrogen (secondary N) is 1.